The van der Waals surface area contributed by atoms with Gasteiger partial charge in [-0.2, -0.15) is 4.98 Å². The predicted molar refractivity (Wildman–Crippen MR) is 94.2 cm³/mol. The Morgan fingerprint density at radius 1 is 1.17 bits per heavy atom. The van der Waals surface area contributed by atoms with Crippen molar-refractivity contribution in [2.24, 2.45) is 0 Å². The number of halogens is 2. The van der Waals surface area contributed by atoms with Gasteiger partial charge in [0.2, 0.25) is 11.7 Å². The van der Waals surface area contributed by atoms with E-state index in [-0.39, 0.29) is 17.5 Å². The number of para-hydroxylation sites is 1. The third-order valence-corrected chi connectivity index (χ3v) is 3.59. The van der Waals surface area contributed by atoms with Crippen molar-refractivity contribution in [1.29, 1.82) is 0 Å². The van der Waals surface area contributed by atoms with Crippen LogP contribution in [-0.4, -0.2) is 15.3 Å². The molecule has 0 spiro atoms. The summed E-state index contributed by atoms with van der Waals surface area (Å²) in [6, 6.07) is 13.4. The first-order chi connectivity index (χ1) is 11.6. The molecule has 122 valence electrons. The topological polar surface area (TPSA) is 63.0 Å². The average molecular weight is 363 g/mol. The minimum atomic E-state index is -0.385. The van der Waals surface area contributed by atoms with Crippen molar-refractivity contribution in [3.8, 4) is 11.4 Å². The van der Waals surface area contributed by atoms with Crippen LogP contribution in [-0.2, 0) is 6.54 Å². The van der Waals surface area contributed by atoms with E-state index < -0.39 is 0 Å². The van der Waals surface area contributed by atoms with Crippen molar-refractivity contribution >= 4 is 34.6 Å². The molecule has 0 saturated heterocycles. The summed E-state index contributed by atoms with van der Waals surface area (Å²) >= 11 is 11.0. The average Bonchev–Trinajstić information content (AvgIpc) is 3.05. The van der Waals surface area contributed by atoms with Gasteiger partial charge in [0.25, 0.3) is 0 Å². The SMILES string of the molecule is Fc1ccccc1NC(=S)NCc1nc(-c2ccc(Cl)cc2)no1. The van der Waals surface area contributed by atoms with E-state index in [1.165, 1.54) is 6.07 Å². The van der Waals surface area contributed by atoms with E-state index in [1.807, 2.05) is 0 Å². The summed E-state index contributed by atoms with van der Waals surface area (Å²) in [5.74, 6) is 0.429. The fourth-order valence-corrected chi connectivity index (χ4v) is 2.24. The lowest BCUT2D eigenvalue weighted by Gasteiger charge is -2.09. The number of anilines is 1. The molecule has 8 heteroatoms. The molecule has 5 nitrogen and oxygen atoms in total. The summed E-state index contributed by atoms with van der Waals surface area (Å²) in [7, 11) is 0. The lowest BCUT2D eigenvalue weighted by atomic mass is 10.2. The molecule has 24 heavy (non-hydrogen) atoms. The Morgan fingerprint density at radius 2 is 1.92 bits per heavy atom. The molecule has 0 amide bonds. The van der Waals surface area contributed by atoms with E-state index in [0.29, 0.717) is 22.4 Å². The summed E-state index contributed by atoms with van der Waals surface area (Å²) in [6.07, 6.45) is 0. The molecule has 1 heterocycles. The molecule has 0 unspecified atom stereocenters. The van der Waals surface area contributed by atoms with Gasteiger partial charge in [-0.05, 0) is 48.6 Å². The molecular weight excluding hydrogens is 351 g/mol. The van der Waals surface area contributed by atoms with Crippen LogP contribution in [0.15, 0.2) is 53.1 Å². The van der Waals surface area contributed by atoms with Crippen LogP contribution < -0.4 is 10.6 Å². The minimum absolute atomic E-state index is 0.223. The number of nitrogens with one attached hydrogen (secondary N) is 2. The van der Waals surface area contributed by atoms with Gasteiger partial charge in [0.1, 0.15) is 5.82 Å². The molecule has 2 aromatic carbocycles. The van der Waals surface area contributed by atoms with Gasteiger partial charge in [-0.3, -0.25) is 0 Å². The maximum Gasteiger partial charge on any atom is 0.246 e. The van der Waals surface area contributed by atoms with Crippen molar-refractivity contribution in [3.05, 3.63) is 65.3 Å². The maximum atomic E-state index is 13.5. The molecule has 0 fully saturated rings. The van der Waals surface area contributed by atoms with Gasteiger partial charge >= 0.3 is 0 Å². The minimum Gasteiger partial charge on any atom is -0.353 e. The van der Waals surface area contributed by atoms with Gasteiger partial charge in [0.15, 0.2) is 5.11 Å². The maximum absolute atomic E-state index is 13.5. The van der Waals surface area contributed by atoms with Gasteiger partial charge in [-0.15, -0.1) is 0 Å². The van der Waals surface area contributed by atoms with E-state index in [9.17, 15) is 4.39 Å². The van der Waals surface area contributed by atoms with E-state index in [0.717, 1.165) is 5.56 Å². The molecule has 3 rings (SSSR count). The van der Waals surface area contributed by atoms with Gasteiger partial charge in [0.05, 0.1) is 12.2 Å². The summed E-state index contributed by atoms with van der Waals surface area (Å²) in [4.78, 5) is 4.26. The highest BCUT2D eigenvalue weighted by molar-refractivity contribution is 7.80. The summed E-state index contributed by atoms with van der Waals surface area (Å²) in [5.41, 5.74) is 1.09. The molecule has 0 aliphatic rings. The number of hydrogen-bond acceptors (Lipinski definition) is 4. The van der Waals surface area contributed by atoms with Crippen molar-refractivity contribution in [2.45, 2.75) is 6.54 Å². The van der Waals surface area contributed by atoms with Crippen molar-refractivity contribution in [2.75, 3.05) is 5.32 Å². The number of nitrogens with zero attached hydrogens (tertiary/aromatic N) is 2. The Bertz CT molecular complexity index is 853. The molecule has 0 atom stereocenters. The van der Waals surface area contributed by atoms with E-state index >= 15 is 0 Å². The number of hydrogen-bond donors (Lipinski definition) is 2. The van der Waals surface area contributed by atoms with E-state index in [1.54, 1.807) is 42.5 Å². The Kier molecular flexibility index (Phi) is 5.02. The molecular formula is C16H12ClFN4OS. The zero-order chi connectivity index (χ0) is 16.9. The Hall–Kier alpha value is -2.51. The van der Waals surface area contributed by atoms with Gasteiger partial charge < -0.3 is 15.2 Å². The van der Waals surface area contributed by atoms with Crippen LogP contribution in [0.4, 0.5) is 10.1 Å². The van der Waals surface area contributed by atoms with Crippen LogP contribution in [0.2, 0.25) is 5.02 Å². The summed E-state index contributed by atoms with van der Waals surface area (Å²) in [5, 5.41) is 10.4. The summed E-state index contributed by atoms with van der Waals surface area (Å²) < 4.78 is 18.7. The highest BCUT2D eigenvalue weighted by Gasteiger charge is 2.09. The van der Waals surface area contributed by atoms with Crippen molar-refractivity contribution in [3.63, 3.8) is 0 Å². The Balaban J connectivity index is 1.58. The van der Waals surface area contributed by atoms with Crippen LogP contribution in [0.25, 0.3) is 11.4 Å². The first-order valence-corrected chi connectivity index (χ1v) is 7.78. The quantitative estimate of drug-likeness (QED) is 0.684. The second-order valence-corrected chi connectivity index (χ2v) is 5.65. The molecule has 0 radical (unpaired) electrons. The van der Waals surface area contributed by atoms with Crippen LogP contribution in [0.3, 0.4) is 0 Å². The molecule has 2 N–H and O–H groups in total. The Labute approximate surface area is 147 Å². The fourth-order valence-electron chi connectivity index (χ4n) is 1.93. The number of rotatable bonds is 4. The first-order valence-electron chi connectivity index (χ1n) is 7.00. The van der Waals surface area contributed by atoms with Crippen LogP contribution in [0, 0.1) is 5.82 Å². The van der Waals surface area contributed by atoms with E-state index in [2.05, 4.69) is 20.8 Å². The second-order valence-electron chi connectivity index (χ2n) is 4.81. The third-order valence-electron chi connectivity index (χ3n) is 3.09. The Morgan fingerprint density at radius 3 is 2.67 bits per heavy atom. The van der Waals surface area contributed by atoms with Crippen LogP contribution in [0.5, 0.6) is 0 Å². The van der Waals surface area contributed by atoms with Crippen LogP contribution >= 0.6 is 23.8 Å². The van der Waals surface area contributed by atoms with Crippen molar-refractivity contribution < 1.29 is 8.91 Å². The highest BCUT2D eigenvalue weighted by atomic mass is 35.5. The standard InChI is InChI=1S/C16H12ClFN4OS/c17-11-7-5-10(6-8-11)15-21-14(23-22-15)9-19-16(24)20-13-4-2-1-3-12(13)18/h1-8H,9H2,(H2,19,20,24). The normalized spacial score (nSPS) is 10.4. The highest BCUT2D eigenvalue weighted by Crippen LogP contribution is 2.18. The molecule has 0 saturated carbocycles. The van der Waals surface area contributed by atoms with Gasteiger partial charge in [-0.25, -0.2) is 4.39 Å². The fraction of sp³-hybridized carbons (Fsp3) is 0.0625. The third kappa shape index (κ3) is 4.06. The molecule has 3 aromatic rings. The van der Waals surface area contributed by atoms with Crippen molar-refractivity contribution in [1.82, 2.24) is 15.5 Å². The van der Waals surface area contributed by atoms with Gasteiger partial charge in [-0.1, -0.05) is 28.9 Å². The predicted octanol–water partition coefficient (Wildman–Crippen LogP) is 4.02. The molecule has 0 aliphatic carbocycles. The second kappa shape index (κ2) is 7.37. The zero-order valence-electron chi connectivity index (χ0n) is 12.3. The monoisotopic (exact) mass is 362 g/mol. The lowest BCUT2D eigenvalue weighted by molar-refractivity contribution is 0.376. The van der Waals surface area contributed by atoms with Gasteiger partial charge in [0, 0.05) is 10.6 Å². The smallest absolute Gasteiger partial charge is 0.246 e. The number of thiocarbonyl (C=S) groups is 1. The lowest BCUT2D eigenvalue weighted by Crippen LogP contribution is -2.28. The number of aromatic nitrogens is 2. The zero-order valence-corrected chi connectivity index (χ0v) is 13.9. The molecule has 1 aromatic heterocycles. The van der Waals surface area contributed by atoms with Crippen LogP contribution in [0.1, 0.15) is 5.89 Å². The largest absolute Gasteiger partial charge is 0.353 e. The molecule has 0 bridgehead atoms. The van der Waals surface area contributed by atoms with E-state index in [4.69, 9.17) is 28.3 Å². The summed E-state index contributed by atoms with van der Waals surface area (Å²) in [6.45, 7) is 0.223. The first kappa shape index (κ1) is 16.4. The number of benzene rings is 2. The molecule has 0 aliphatic heterocycles.